The number of hydrogen-bond donors (Lipinski definition) is 5. The highest BCUT2D eigenvalue weighted by Gasteiger charge is 2.27. The molecule has 0 saturated heterocycles. The minimum atomic E-state index is -0.661. The number of aromatic hydroxyl groups is 1. The van der Waals surface area contributed by atoms with Crippen molar-refractivity contribution in [3.63, 3.8) is 0 Å². The van der Waals surface area contributed by atoms with Gasteiger partial charge in [-0.2, -0.15) is 0 Å². The Labute approximate surface area is 251 Å². The van der Waals surface area contributed by atoms with Crippen LogP contribution in [0.3, 0.4) is 0 Å². The van der Waals surface area contributed by atoms with E-state index >= 15 is 0 Å². The van der Waals surface area contributed by atoms with Crippen LogP contribution in [-0.4, -0.2) is 40.7 Å². The number of aryl methyl sites for hydroxylation is 1. The third kappa shape index (κ3) is 9.86. The van der Waals surface area contributed by atoms with Crippen molar-refractivity contribution in [2.24, 2.45) is 23.5 Å². The van der Waals surface area contributed by atoms with Gasteiger partial charge in [-0.05, 0) is 85.8 Å². The maximum absolute atomic E-state index is 11.2. The molecular weight excluding hydrogens is 524 g/mol. The van der Waals surface area contributed by atoms with Gasteiger partial charge in [0.1, 0.15) is 0 Å². The van der Waals surface area contributed by atoms with Crippen LogP contribution < -0.4 is 15.8 Å². The normalized spacial score (nSPS) is 22.4. The minimum absolute atomic E-state index is 0.110. The number of dihydropyridines is 1. The second-order valence-electron chi connectivity index (χ2n) is 11.9. The van der Waals surface area contributed by atoms with E-state index in [-0.39, 0.29) is 11.7 Å². The Hall–Kier alpha value is -3.40. The number of phenolic OH excluding ortho intramolecular Hbond substituents is 1. The fourth-order valence-corrected chi connectivity index (χ4v) is 6.00. The van der Waals surface area contributed by atoms with E-state index in [9.17, 15) is 15.3 Å². The zero-order valence-corrected chi connectivity index (χ0v) is 25.0. The van der Waals surface area contributed by atoms with Gasteiger partial charge in [0.15, 0.2) is 11.5 Å². The van der Waals surface area contributed by atoms with Crippen molar-refractivity contribution in [1.82, 2.24) is 5.32 Å². The second kappa shape index (κ2) is 16.3. The van der Waals surface area contributed by atoms with E-state index in [1.807, 2.05) is 24.3 Å². The molecule has 1 aliphatic heterocycles. The van der Waals surface area contributed by atoms with Crippen molar-refractivity contribution >= 4 is 0 Å². The monoisotopic (exact) mass is 572 g/mol. The van der Waals surface area contributed by atoms with Crippen LogP contribution in [0, 0.1) is 29.6 Å². The highest BCUT2D eigenvalue weighted by atomic mass is 16.5. The maximum atomic E-state index is 11.2. The zero-order chi connectivity index (χ0) is 29.7. The van der Waals surface area contributed by atoms with Gasteiger partial charge in [-0.1, -0.05) is 68.2 Å². The van der Waals surface area contributed by atoms with E-state index in [0.717, 1.165) is 50.6 Å². The summed E-state index contributed by atoms with van der Waals surface area (Å²) < 4.78 is 5.89. The summed E-state index contributed by atoms with van der Waals surface area (Å²) in [7, 11) is 0. The topological polar surface area (TPSA) is 108 Å². The molecule has 0 fully saturated rings. The number of phenols is 1. The van der Waals surface area contributed by atoms with Gasteiger partial charge in [0, 0.05) is 24.8 Å². The standard InChI is InChI=1S/C36H48N2O4/c1-26(23-27-9-3-2-4-10-27)30-12-5-6-15-32(39)31(14-7-13-30)33(40)18-16-29-17-19-34(41)35(24-29)42-22-8-11-28-20-21-38-36(37)25-28/h2-4,9-10,17,19-20,24-26,30-33,38-41H,5-6,8,11-12,14-16,18,21-23,37H2,1H3. The van der Waals surface area contributed by atoms with Gasteiger partial charge in [-0.15, -0.1) is 5.92 Å². The second-order valence-corrected chi connectivity index (χ2v) is 11.9. The Balaban J connectivity index is 1.29. The van der Waals surface area contributed by atoms with Crippen LogP contribution in [-0.2, 0) is 12.8 Å². The van der Waals surface area contributed by atoms with Crippen LogP contribution >= 0.6 is 0 Å². The summed E-state index contributed by atoms with van der Waals surface area (Å²) in [4.78, 5) is 0. The van der Waals surface area contributed by atoms with E-state index < -0.39 is 12.2 Å². The number of aliphatic hydroxyl groups is 2. The lowest BCUT2D eigenvalue weighted by Gasteiger charge is -2.28. The molecule has 6 heteroatoms. The summed E-state index contributed by atoms with van der Waals surface area (Å²) in [5.41, 5.74) is 9.34. The predicted octanol–water partition coefficient (Wildman–Crippen LogP) is 5.61. The first-order valence-electron chi connectivity index (χ1n) is 15.6. The highest BCUT2D eigenvalue weighted by Crippen LogP contribution is 2.30. The summed E-state index contributed by atoms with van der Waals surface area (Å²) in [6.07, 6.45) is 10.9. The van der Waals surface area contributed by atoms with E-state index in [1.165, 1.54) is 11.1 Å². The predicted molar refractivity (Wildman–Crippen MR) is 169 cm³/mol. The molecule has 5 atom stereocenters. The quantitative estimate of drug-likeness (QED) is 0.167. The molecule has 226 valence electrons. The van der Waals surface area contributed by atoms with E-state index in [0.29, 0.717) is 55.7 Å². The Morgan fingerprint density at radius 3 is 2.69 bits per heavy atom. The SMILES string of the molecule is CC(Cc1ccccc1)C1C#CCC(C(O)CCc2ccc(O)c(OCCCC3=CCNC(N)=C3)c2)C(O)CCCC1. The molecule has 0 spiro atoms. The number of aliphatic hydroxyl groups excluding tert-OH is 2. The third-order valence-corrected chi connectivity index (χ3v) is 8.60. The molecule has 1 aliphatic carbocycles. The van der Waals surface area contributed by atoms with E-state index in [1.54, 1.807) is 6.07 Å². The number of allylic oxidation sites excluding steroid dienone is 2. The highest BCUT2D eigenvalue weighted by molar-refractivity contribution is 5.42. The first-order valence-corrected chi connectivity index (χ1v) is 15.6. The van der Waals surface area contributed by atoms with Gasteiger partial charge in [0.25, 0.3) is 0 Å². The first-order chi connectivity index (χ1) is 20.4. The number of benzene rings is 2. The number of nitrogens with one attached hydrogen (secondary N) is 1. The lowest BCUT2D eigenvalue weighted by atomic mass is 9.82. The molecule has 4 rings (SSSR count). The molecule has 42 heavy (non-hydrogen) atoms. The molecular formula is C36H48N2O4. The molecule has 0 amide bonds. The Bertz CT molecular complexity index is 1250. The summed E-state index contributed by atoms with van der Waals surface area (Å²) in [6, 6.07) is 16.0. The molecule has 6 N–H and O–H groups in total. The third-order valence-electron chi connectivity index (χ3n) is 8.60. The van der Waals surface area contributed by atoms with E-state index in [4.69, 9.17) is 10.5 Å². The number of rotatable bonds is 12. The van der Waals surface area contributed by atoms with Crippen molar-refractivity contribution in [2.45, 2.75) is 83.3 Å². The molecule has 2 aromatic rings. The lowest BCUT2D eigenvalue weighted by Crippen LogP contribution is -2.32. The molecule has 1 heterocycles. The molecule has 2 aliphatic rings. The van der Waals surface area contributed by atoms with E-state index in [2.05, 4.69) is 54.4 Å². The molecule has 0 radical (unpaired) electrons. The van der Waals surface area contributed by atoms with Gasteiger partial charge < -0.3 is 31.1 Å². The van der Waals surface area contributed by atoms with Crippen molar-refractivity contribution in [3.05, 3.63) is 83.2 Å². The number of hydrogen-bond acceptors (Lipinski definition) is 6. The lowest BCUT2D eigenvalue weighted by molar-refractivity contribution is 0.00552. The Morgan fingerprint density at radius 1 is 1.07 bits per heavy atom. The molecule has 0 bridgehead atoms. The molecule has 5 unspecified atom stereocenters. The van der Waals surface area contributed by atoms with Crippen LogP contribution in [0.15, 0.2) is 72.1 Å². The van der Waals surface area contributed by atoms with Crippen LogP contribution in [0.1, 0.15) is 69.4 Å². The van der Waals surface area contributed by atoms with Gasteiger partial charge in [0.2, 0.25) is 0 Å². The smallest absolute Gasteiger partial charge is 0.161 e. The van der Waals surface area contributed by atoms with Gasteiger partial charge >= 0.3 is 0 Å². The molecule has 0 saturated carbocycles. The fourth-order valence-electron chi connectivity index (χ4n) is 6.00. The summed E-state index contributed by atoms with van der Waals surface area (Å²) in [6.45, 7) is 3.51. The average molecular weight is 573 g/mol. The minimum Gasteiger partial charge on any atom is -0.504 e. The summed E-state index contributed by atoms with van der Waals surface area (Å²) >= 11 is 0. The van der Waals surface area contributed by atoms with Crippen LogP contribution in [0.4, 0.5) is 0 Å². The molecule has 2 aromatic carbocycles. The number of ether oxygens (including phenoxy) is 1. The van der Waals surface area contributed by atoms with Gasteiger partial charge in [-0.3, -0.25) is 0 Å². The Kier molecular flexibility index (Phi) is 12.2. The average Bonchev–Trinajstić information content (AvgIpc) is 2.99. The van der Waals surface area contributed by atoms with Crippen LogP contribution in [0.5, 0.6) is 11.5 Å². The zero-order valence-electron chi connectivity index (χ0n) is 25.0. The van der Waals surface area contributed by atoms with Crippen molar-refractivity contribution < 1.29 is 20.1 Å². The summed E-state index contributed by atoms with van der Waals surface area (Å²) in [5, 5.41) is 35.5. The Morgan fingerprint density at radius 2 is 1.88 bits per heavy atom. The largest absolute Gasteiger partial charge is 0.504 e. The fraction of sp³-hybridized carbons (Fsp3) is 0.500. The molecule has 0 aromatic heterocycles. The van der Waals surface area contributed by atoms with Crippen molar-refractivity contribution in [1.29, 1.82) is 0 Å². The maximum Gasteiger partial charge on any atom is 0.161 e. The first kappa shape index (κ1) is 31.5. The molecule has 6 nitrogen and oxygen atoms in total. The van der Waals surface area contributed by atoms with Crippen molar-refractivity contribution in [3.8, 4) is 23.3 Å². The van der Waals surface area contributed by atoms with Gasteiger partial charge in [0.05, 0.1) is 24.6 Å². The number of nitrogens with two attached hydrogens (primary N) is 1. The van der Waals surface area contributed by atoms with Crippen molar-refractivity contribution in [2.75, 3.05) is 13.2 Å². The van der Waals surface area contributed by atoms with Crippen LogP contribution in [0.25, 0.3) is 0 Å². The van der Waals surface area contributed by atoms with Crippen LogP contribution in [0.2, 0.25) is 0 Å². The van der Waals surface area contributed by atoms with Gasteiger partial charge in [-0.25, -0.2) is 0 Å². The summed E-state index contributed by atoms with van der Waals surface area (Å²) in [5.74, 6) is 8.62.